The number of aromatic nitrogens is 1. The lowest BCUT2D eigenvalue weighted by Gasteiger charge is -2.00. The number of hydrogen-bond donors (Lipinski definition) is 0. The highest BCUT2D eigenvalue weighted by atomic mass is 32.1. The first-order valence-electron chi connectivity index (χ1n) is 6.54. The molecular formula is C17H13NO2S. The van der Waals surface area contributed by atoms with Gasteiger partial charge in [-0.05, 0) is 5.56 Å². The maximum absolute atomic E-state index is 11.3. The number of ether oxygens (including phenoxy) is 1. The van der Waals surface area contributed by atoms with Gasteiger partial charge in [0.1, 0.15) is 5.01 Å². The number of esters is 1. The minimum atomic E-state index is -0.364. The van der Waals surface area contributed by atoms with E-state index in [1.165, 1.54) is 18.3 Å². The van der Waals surface area contributed by atoms with Crippen LogP contribution in [0.4, 0.5) is 0 Å². The van der Waals surface area contributed by atoms with Gasteiger partial charge in [-0.25, -0.2) is 4.98 Å². The van der Waals surface area contributed by atoms with E-state index in [-0.39, 0.29) is 5.97 Å². The first kappa shape index (κ1) is 13.5. The quantitative estimate of drug-likeness (QED) is 0.672. The molecule has 4 heteroatoms. The van der Waals surface area contributed by atoms with Crippen molar-refractivity contribution in [1.29, 1.82) is 0 Å². The fourth-order valence-corrected chi connectivity index (χ4v) is 2.99. The Bertz CT molecular complexity index is 751. The van der Waals surface area contributed by atoms with Gasteiger partial charge in [0.05, 0.1) is 4.88 Å². The summed E-state index contributed by atoms with van der Waals surface area (Å²) in [4.78, 5) is 16.6. The molecule has 0 radical (unpaired) electrons. The molecule has 0 atom stereocenters. The van der Waals surface area contributed by atoms with E-state index >= 15 is 0 Å². The summed E-state index contributed by atoms with van der Waals surface area (Å²) < 4.78 is 5.26. The third-order valence-electron chi connectivity index (χ3n) is 2.89. The average molecular weight is 295 g/mol. The number of carbonyl (C=O) groups is 1. The lowest BCUT2D eigenvalue weighted by Crippen LogP contribution is -2.02. The Hall–Kier alpha value is -2.46. The normalized spacial score (nSPS) is 10.3. The van der Waals surface area contributed by atoms with Crippen LogP contribution in [0.3, 0.4) is 0 Å². The second-order valence-corrected chi connectivity index (χ2v) is 5.48. The van der Waals surface area contributed by atoms with E-state index in [0.717, 1.165) is 21.0 Å². The molecule has 0 fully saturated rings. The Balaban J connectivity index is 2.10. The molecule has 0 aliphatic rings. The van der Waals surface area contributed by atoms with Crippen molar-refractivity contribution < 1.29 is 9.53 Å². The van der Waals surface area contributed by atoms with E-state index in [0.29, 0.717) is 5.88 Å². The minimum Gasteiger partial charge on any atom is -0.406 e. The van der Waals surface area contributed by atoms with Gasteiger partial charge in [0.25, 0.3) is 0 Å². The standard InChI is InChI=1S/C17H13NO2S/c1-12(19)20-16-15(13-8-4-2-5-9-13)21-17(18-16)14-10-6-3-7-11-14/h2-11H,1H3. The van der Waals surface area contributed by atoms with Crippen LogP contribution in [0.15, 0.2) is 60.7 Å². The van der Waals surface area contributed by atoms with Crippen molar-refractivity contribution in [2.24, 2.45) is 0 Å². The molecule has 0 saturated carbocycles. The van der Waals surface area contributed by atoms with Gasteiger partial charge in [0.15, 0.2) is 0 Å². The zero-order valence-electron chi connectivity index (χ0n) is 11.4. The van der Waals surface area contributed by atoms with Crippen LogP contribution >= 0.6 is 11.3 Å². The molecule has 104 valence electrons. The van der Waals surface area contributed by atoms with E-state index in [9.17, 15) is 4.79 Å². The van der Waals surface area contributed by atoms with Crippen LogP contribution in [0.1, 0.15) is 6.92 Å². The number of benzene rings is 2. The summed E-state index contributed by atoms with van der Waals surface area (Å²) in [5.41, 5.74) is 2.01. The molecule has 0 N–H and O–H groups in total. The van der Waals surface area contributed by atoms with Crippen LogP contribution in [0.2, 0.25) is 0 Å². The predicted octanol–water partition coefficient (Wildman–Crippen LogP) is 4.40. The average Bonchev–Trinajstić information content (AvgIpc) is 2.92. The van der Waals surface area contributed by atoms with Crippen molar-refractivity contribution in [2.45, 2.75) is 6.92 Å². The topological polar surface area (TPSA) is 39.2 Å². The summed E-state index contributed by atoms with van der Waals surface area (Å²) in [6, 6.07) is 19.7. The summed E-state index contributed by atoms with van der Waals surface area (Å²) in [5, 5.41) is 0.839. The fourth-order valence-electron chi connectivity index (χ4n) is 1.99. The lowest BCUT2D eigenvalue weighted by atomic mass is 10.2. The van der Waals surface area contributed by atoms with Crippen LogP contribution in [0.25, 0.3) is 21.0 Å². The van der Waals surface area contributed by atoms with Crippen LogP contribution in [-0.4, -0.2) is 11.0 Å². The molecule has 0 spiro atoms. The van der Waals surface area contributed by atoms with Gasteiger partial charge in [-0.1, -0.05) is 60.7 Å². The predicted molar refractivity (Wildman–Crippen MR) is 84.3 cm³/mol. The molecule has 2 aromatic carbocycles. The number of thiazole rings is 1. The Morgan fingerprint density at radius 3 is 2.10 bits per heavy atom. The molecule has 0 aliphatic heterocycles. The highest BCUT2D eigenvalue weighted by Gasteiger charge is 2.16. The van der Waals surface area contributed by atoms with Crippen molar-refractivity contribution in [3.63, 3.8) is 0 Å². The van der Waals surface area contributed by atoms with E-state index in [1.54, 1.807) is 0 Å². The van der Waals surface area contributed by atoms with Crippen molar-refractivity contribution in [2.75, 3.05) is 0 Å². The molecule has 21 heavy (non-hydrogen) atoms. The maximum Gasteiger partial charge on any atom is 0.309 e. The van der Waals surface area contributed by atoms with Crippen molar-refractivity contribution >= 4 is 17.3 Å². The Labute approximate surface area is 126 Å². The van der Waals surface area contributed by atoms with E-state index in [2.05, 4.69) is 4.98 Å². The van der Waals surface area contributed by atoms with E-state index < -0.39 is 0 Å². The summed E-state index contributed by atoms with van der Waals surface area (Å²) in [6.07, 6.45) is 0. The monoisotopic (exact) mass is 295 g/mol. The number of hydrogen-bond acceptors (Lipinski definition) is 4. The second kappa shape index (κ2) is 5.89. The van der Waals surface area contributed by atoms with Crippen LogP contribution in [-0.2, 0) is 4.79 Å². The van der Waals surface area contributed by atoms with E-state index in [1.807, 2.05) is 60.7 Å². The fraction of sp³-hybridized carbons (Fsp3) is 0.0588. The largest absolute Gasteiger partial charge is 0.406 e. The minimum absolute atomic E-state index is 0.364. The van der Waals surface area contributed by atoms with Crippen molar-refractivity contribution in [3.05, 3.63) is 60.7 Å². The van der Waals surface area contributed by atoms with Crippen LogP contribution in [0, 0.1) is 0 Å². The first-order chi connectivity index (χ1) is 10.2. The van der Waals surface area contributed by atoms with Gasteiger partial charge in [0.2, 0.25) is 5.88 Å². The summed E-state index contributed by atoms with van der Waals surface area (Å²) in [5.74, 6) is 0.00893. The highest BCUT2D eigenvalue weighted by Crippen LogP contribution is 2.39. The maximum atomic E-state index is 11.3. The van der Waals surface area contributed by atoms with E-state index in [4.69, 9.17) is 4.74 Å². The number of nitrogens with zero attached hydrogens (tertiary/aromatic N) is 1. The SMILES string of the molecule is CC(=O)Oc1nc(-c2ccccc2)sc1-c1ccccc1. The summed E-state index contributed by atoms with van der Waals surface area (Å²) >= 11 is 1.52. The van der Waals surface area contributed by atoms with Crippen molar-refractivity contribution in [3.8, 4) is 26.9 Å². The molecule has 1 heterocycles. The van der Waals surface area contributed by atoms with Gasteiger partial charge in [-0.3, -0.25) is 4.79 Å². The third kappa shape index (κ3) is 3.01. The smallest absolute Gasteiger partial charge is 0.309 e. The molecule has 3 aromatic rings. The molecule has 0 amide bonds. The molecule has 1 aromatic heterocycles. The number of carbonyl (C=O) groups excluding carboxylic acids is 1. The van der Waals surface area contributed by atoms with Gasteiger partial charge in [0, 0.05) is 12.5 Å². The molecular weight excluding hydrogens is 282 g/mol. The zero-order chi connectivity index (χ0) is 14.7. The summed E-state index contributed by atoms with van der Waals surface area (Å²) in [7, 11) is 0. The first-order valence-corrected chi connectivity index (χ1v) is 7.36. The van der Waals surface area contributed by atoms with Gasteiger partial charge >= 0.3 is 5.97 Å². The second-order valence-electron chi connectivity index (χ2n) is 4.48. The Kier molecular flexibility index (Phi) is 3.79. The molecule has 3 rings (SSSR count). The molecule has 3 nitrogen and oxygen atoms in total. The molecule has 0 bridgehead atoms. The van der Waals surface area contributed by atoms with Gasteiger partial charge < -0.3 is 4.74 Å². The van der Waals surface area contributed by atoms with Crippen molar-refractivity contribution in [1.82, 2.24) is 4.98 Å². The van der Waals surface area contributed by atoms with Gasteiger partial charge in [-0.2, -0.15) is 0 Å². The molecule has 0 saturated heterocycles. The summed E-state index contributed by atoms with van der Waals surface area (Å²) in [6.45, 7) is 1.39. The van der Waals surface area contributed by atoms with Gasteiger partial charge in [-0.15, -0.1) is 11.3 Å². The van der Waals surface area contributed by atoms with Crippen LogP contribution < -0.4 is 4.74 Å². The Morgan fingerprint density at radius 1 is 0.952 bits per heavy atom. The third-order valence-corrected chi connectivity index (χ3v) is 4.03. The molecule has 0 aliphatic carbocycles. The highest BCUT2D eigenvalue weighted by molar-refractivity contribution is 7.18. The lowest BCUT2D eigenvalue weighted by molar-refractivity contribution is -0.132. The molecule has 0 unspecified atom stereocenters. The zero-order valence-corrected chi connectivity index (χ0v) is 12.3. The van der Waals surface area contributed by atoms with Crippen LogP contribution in [0.5, 0.6) is 5.88 Å². The number of rotatable bonds is 3. The Morgan fingerprint density at radius 2 is 1.52 bits per heavy atom.